The maximum Gasteiger partial charge on any atom is 0.223 e. The minimum Gasteiger partial charge on any atom is -0.393 e. The molecule has 0 bridgehead atoms. The normalized spacial score (nSPS) is 27.8. The van der Waals surface area contributed by atoms with Crippen LogP contribution in [0.15, 0.2) is 6.07 Å². The molecule has 0 spiro atoms. The number of hydrogen-bond acceptors (Lipinski definition) is 6. The number of carbonyl (C=O) groups excluding carboxylic acids is 1. The van der Waals surface area contributed by atoms with Crippen molar-refractivity contribution >= 4 is 11.7 Å². The van der Waals surface area contributed by atoms with Crippen molar-refractivity contribution in [2.45, 2.75) is 122 Å². The third kappa shape index (κ3) is 7.91. The average Bonchev–Trinajstić information content (AvgIpc) is 2.87. The minimum atomic E-state index is -0.201. The Hall–Kier alpha value is -1.73. The van der Waals surface area contributed by atoms with Gasteiger partial charge in [0.2, 0.25) is 5.91 Å². The molecule has 2 aliphatic carbocycles. The molecule has 1 amide bonds. The van der Waals surface area contributed by atoms with Gasteiger partial charge in [0.25, 0.3) is 0 Å². The standard InChI is InChI=1S/C31H53N5O2/c1-30(2,3)26-21-27(34-29(33-26)31(4,5)6)36-19-17-35(18-20-36)16-15-22-7-11-24(12-8-22)32-28(38)23-9-13-25(37)14-10-23/h21-25,37H,7-20H2,1-6H3,(H,32,38). The van der Waals surface area contributed by atoms with Crippen LogP contribution in [0, 0.1) is 11.8 Å². The van der Waals surface area contributed by atoms with Crippen LogP contribution in [0.2, 0.25) is 0 Å². The zero-order valence-corrected chi connectivity index (χ0v) is 24.9. The zero-order chi connectivity index (χ0) is 27.5. The zero-order valence-electron chi connectivity index (χ0n) is 24.9. The van der Waals surface area contributed by atoms with Crippen molar-refractivity contribution in [2.75, 3.05) is 37.6 Å². The molecule has 7 heteroatoms. The van der Waals surface area contributed by atoms with Crippen LogP contribution in [-0.4, -0.2) is 70.8 Å². The van der Waals surface area contributed by atoms with Crippen LogP contribution in [0.25, 0.3) is 0 Å². The summed E-state index contributed by atoms with van der Waals surface area (Å²) in [5.74, 6) is 3.13. The first-order valence-electron chi connectivity index (χ1n) is 15.2. The van der Waals surface area contributed by atoms with Crippen molar-refractivity contribution in [1.82, 2.24) is 20.2 Å². The highest BCUT2D eigenvalue weighted by Crippen LogP contribution is 2.31. The summed E-state index contributed by atoms with van der Waals surface area (Å²) in [5.41, 5.74) is 1.05. The first-order valence-corrected chi connectivity index (χ1v) is 15.2. The van der Waals surface area contributed by atoms with E-state index in [4.69, 9.17) is 9.97 Å². The van der Waals surface area contributed by atoms with Gasteiger partial charge in [-0.1, -0.05) is 41.5 Å². The summed E-state index contributed by atoms with van der Waals surface area (Å²) >= 11 is 0. The van der Waals surface area contributed by atoms with Crippen LogP contribution in [0.1, 0.15) is 111 Å². The number of anilines is 1. The molecular weight excluding hydrogens is 474 g/mol. The summed E-state index contributed by atoms with van der Waals surface area (Å²) in [5, 5.41) is 13.0. The van der Waals surface area contributed by atoms with Crippen molar-refractivity contribution in [3.05, 3.63) is 17.6 Å². The minimum absolute atomic E-state index is 0.000754. The number of nitrogens with one attached hydrogen (secondary N) is 1. The molecule has 4 rings (SSSR count). The number of carbonyl (C=O) groups is 1. The molecule has 214 valence electrons. The fraction of sp³-hybridized carbons (Fsp3) is 0.839. The van der Waals surface area contributed by atoms with Gasteiger partial charge in [0.05, 0.1) is 11.8 Å². The molecule has 0 unspecified atom stereocenters. The van der Waals surface area contributed by atoms with Gasteiger partial charge in [0, 0.05) is 55.0 Å². The number of amides is 1. The average molecular weight is 528 g/mol. The second-order valence-corrected chi connectivity index (χ2v) is 14.3. The molecule has 1 aliphatic heterocycles. The van der Waals surface area contributed by atoms with E-state index in [0.717, 1.165) is 88.0 Å². The highest BCUT2D eigenvalue weighted by Gasteiger charge is 2.30. The fourth-order valence-electron chi connectivity index (χ4n) is 6.13. The predicted octanol–water partition coefficient (Wildman–Crippen LogP) is 4.81. The van der Waals surface area contributed by atoms with E-state index in [1.807, 2.05) is 0 Å². The number of nitrogens with zero attached hydrogens (tertiary/aromatic N) is 4. The molecule has 3 aliphatic rings. The van der Waals surface area contributed by atoms with Gasteiger partial charge in [-0.3, -0.25) is 9.69 Å². The molecule has 38 heavy (non-hydrogen) atoms. The third-order valence-corrected chi connectivity index (χ3v) is 8.96. The fourth-order valence-corrected chi connectivity index (χ4v) is 6.13. The molecule has 0 radical (unpaired) electrons. The van der Waals surface area contributed by atoms with Gasteiger partial charge < -0.3 is 15.3 Å². The van der Waals surface area contributed by atoms with E-state index in [-0.39, 0.29) is 28.8 Å². The lowest BCUT2D eigenvalue weighted by molar-refractivity contribution is -0.127. The van der Waals surface area contributed by atoms with Crippen LogP contribution >= 0.6 is 0 Å². The lowest BCUT2D eigenvalue weighted by atomic mass is 9.83. The SMILES string of the molecule is CC(C)(C)c1cc(N2CCN(CCC3CCC(NC(=O)C4CCC(O)CC4)CC3)CC2)nc(C(C)(C)C)n1. The summed E-state index contributed by atoms with van der Waals surface area (Å²) in [4.78, 5) is 27.6. The first-order chi connectivity index (χ1) is 17.9. The summed E-state index contributed by atoms with van der Waals surface area (Å²) in [6.45, 7) is 18.6. The number of aliphatic hydroxyl groups is 1. The van der Waals surface area contributed by atoms with E-state index in [2.05, 4.69) is 62.7 Å². The van der Waals surface area contributed by atoms with E-state index < -0.39 is 0 Å². The second-order valence-electron chi connectivity index (χ2n) is 14.3. The summed E-state index contributed by atoms with van der Waals surface area (Å²) < 4.78 is 0. The molecule has 2 saturated carbocycles. The molecule has 1 aromatic heterocycles. The first kappa shape index (κ1) is 29.3. The molecule has 7 nitrogen and oxygen atoms in total. The molecule has 1 aromatic rings. The van der Waals surface area contributed by atoms with Gasteiger partial charge in [-0.15, -0.1) is 0 Å². The quantitative estimate of drug-likeness (QED) is 0.553. The van der Waals surface area contributed by atoms with E-state index in [0.29, 0.717) is 6.04 Å². The van der Waals surface area contributed by atoms with Crippen molar-refractivity contribution in [1.29, 1.82) is 0 Å². The number of piperazine rings is 1. The van der Waals surface area contributed by atoms with Gasteiger partial charge in [-0.25, -0.2) is 9.97 Å². The summed E-state index contributed by atoms with van der Waals surface area (Å²) in [6.07, 6.45) is 8.94. The molecule has 0 atom stereocenters. The largest absolute Gasteiger partial charge is 0.393 e. The third-order valence-electron chi connectivity index (χ3n) is 8.96. The molecule has 0 aromatic carbocycles. The lowest BCUT2D eigenvalue weighted by Gasteiger charge is -2.37. The van der Waals surface area contributed by atoms with E-state index in [9.17, 15) is 9.90 Å². The van der Waals surface area contributed by atoms with Crippen LogP contribution in [0.3, 0.4) is 0 Å². The lowest BCUT2D eigenvalue weighted by Crippen LogP contribution is -2.47. The predicted molar refractivity (Wildman–Crippen MR) is 155 cm³/mol. The van der Waals surface area contributed by atoms with Crippen molar-refractivity contribution in [3.8, 4) is 0 Å². The van der Waals surface area contributed by atoms with Crippen molar-refractivity contribution in [3.63, 3.8) is 0 Å². The molecular formula is C31H53N5O2. The Balaban J connectivity index is 1.20. The van der Waals surface area contributed by atoms with Crippen molar-refractivity contribution < 1.29 is 9.90 Å². The highest BCUT2D eigenvalue weighted by atomic mass is 16.3. The highest BCUT2D eigenvalue weighted by molar-refractivity contribution is 5.79. The van der Waals surface area contributed by atoms with Crippen LogP contribution < -0.4 is 10.2 Å². The molecule has 1 saturated heterocycles. The Labute approximate surface area is 231 Å². The van der Waals surface area contributed by atoms with Gasteiger partial charge in [-0.05, 0) is 70.3 Å². The molecule has 3 fully saturated rings. The Morgan fingerprint density at radius 2 is 1.53 bits per heavy atom. The topological polar surface area (TPSA) is 81.6 Å². The van der Waals surface area contributed by atoms with Crippen molar-refractivity contribution in [2.24, 2.45) is 11.8 Å². The monoisotopic (exact) mass is 527 g/mol. The number of rotatable bonds is 6. The number of hydrogen-bond donors (Lipinski definition) is 2. The van der Waals surface area contributed by atoms with E-state index in [1.165, 1.54) is 25.8 Å². The van der Waals surface area contributed by atoms with Crippen LogP contribution in [0.5, 0.6) is 0 Å². The van der Waals surface area contributed by atoms with Gasteiger partial charge >= 0.3 is 0 Å². The Morgan fingerprint density at radius 3 is 2.11 bits per heavy atom. The summed E-state index contributed by atoms with van der Waals surface area (Å²) in [7, 11) is 0. The Morgan fingerprint density at radius 1 is 0.895 bits per heavy atom. The van der Waals surface area contributed by atoms with E-state index in [1.54, 1.807) is 0 Å². The maximum absolute atomic E-state index is 12.6. The number of aliphatic hydroxyl groups excluding tert-OH is 1. The molecule has 2 N–H and O–H groups in total. The Kier molecular flexibility index (Phi) is 9.39. The van der Waals surface area contributed by atoms with Crippen LogP contribution in [0.4, 0.5) is 5.82 Å². The van der Waals surface area contributed by atoms with Gasteiger partial charge in [-0.2, -0.15) is 0 Å². The molecule has 2 heterocycles. The van der Waals surface area contributed by atoms with Gasteiger partial charge in [0.1, 0.15) is 11.6 Å². The smallest absolute Gasteiger partial charge is 0.223 e. The maximum atomic E-state index is 12.6. The van der Waals surface area contributed by atoms with Gasteiger partial charge in [0.15, 0.2) is 0 Å². The van der Waals surface area contributed by atoms with E-state index >= 15 is 0 Å². The summed E-state index contributed by atoms with van der Waals surface area (Å²) in [6, 6.07) is 2.55. The second kappa shape index (κ2) is 12.2. The Bertz CT molecular complexity index is 881. The van der Waals surface area contributed by atoms with Crippen LogP contribution in [-0.2, 0) is 15.6 Å². The number of aromatic nitrogens is 2.